The molecule has 3 rings (SSSR count). The second kappa shape index (κ2) is 10.1. The Morgan fingerprint density at radius 2 is 1.61 bits per heavy atom. The summed E-state index contributed by atoms with van der Waals surface area (Å²) in [6, 6.07) is 7.00. The Morgan fingerprint density at radius 3 is 2.19 bits per heavy atom. The first kappa shape index (κ1) is 23.7. The minimum atomic E-state index is -3.57. The number of piperidine rings is 1. The molecule has 1 aliphatic carbocycles. The molecule has 0 N–H and O–H groups in total. The molecule has 1 aliphatic heterocycles. The van der Waals surface area contributed by atoms with E-state index in [1.54, 1.807) is 43.1 Å². The minimum Gasteiger partial charge on any atom is -0.452 e. The van der Waals surface area contributed by atoms with Gasteiger partial charge in [0.25, 0.3) is 5.91 Å². The second-order valence-electron chi connectivity index (χ2n) is 8.81. The summed E-state index contributed by atoms with van der Waals surface area (Å²) in [7, 11) is -1.78. The van der Waals surface area contributed by atoms with Crippen LogP contribution in [0.25, 0.3) is 0 Å². The first-order valence-corrected chi connectivity index (χ1v) is 12.7. The molecule has 0 radical (unpaired) electrons. The van der Waals surface area contributed by atoms with E-state index in [4.69, 9.17) is 4.74 Å². The number of amides is 1. The van der Waals surface area contributed by atoms with Gasteiger partial charge in [-0.25, -0.2) is 8.42 Å². The summed E-state index contributed by atoms with van der Waals surface area (Å²) in [6.07, 6.45) is 5.41. The highest BCUT2D eigenvalue weighted by Gasteiger charge is 2.35. The molecule has 1 saturated heterocycles. The Hall–Kier alpha value is -1.93. The highest BCUT2D eigenvalue weighted by molar-refractivity contribution is 7.89. The number of sulfonamides is 1. The largest absolute Gasteiger partial charge is 0.452 e. The van der Waals surface area contributed by atoms with Gasteiger partial charge in [0.2, 0.25) is 10.0 Å². The lowest BCUT2D eigenvalue weighted by molar-refractivity contribution is -0.164. The van der Waals surface area contributed by atoms with Crippen molar-refractivity contribution < 1.29 is 22.7 Å². The van der Waals surface area contributed by atoms with Crippen LogP contribution in [-0.4, -0.2) is 61.8 Å². The van der Waals surface area contributed by atoms with Crippen LogP contribution in [0.4, 0.5) is 0 Å². The molecule has 7 nitrogen and oxygen atoms in total. The molecule has 0 aromatic heterocycles. The lowest BCUT2D eigenvalue weighted by atomic mass is 9.94. The Kier molecular flexibility index (Phi) is 7.75. The number of nitrogens with zero attached hydrogens (tertiary/aromatic N) is 2. The molecule has 1 aromatic rings. The molecular weight excluding hydrogens is 416 g/mol. The quantitative estimate of drug-likeness (QED) is 0.622. The standard InChI is InChI=1S/C23H34N2O5S/c1-17-9-11-21(12-10-17)31(28,29)25-15-13-19(14-16-25)23(27)30-18(2)22(26)24(3)20-7-5-4-6-8-20/h9-12,18-20H,4-8,13-16H2,1-3H3/t18-/m1/s1. The first-order chi connectivity index (χ1) is 14.7. The van der Waals surface area contributed by atoms with Gasteiger partial charge >= 0.3 is 5.97 Å². The van der Waals surface area contributed by atoms with Crippen molar-refractivity contribution in [2.75, 3.05) is 20.1 Å². The fourth-order valence-electron chi connectivity index (χ4n) is 4.45. The van der Waals surface area contributed by atoms with Gasteiger partial charge in [-0.05, 0) is 51.7 Å². The van der Waals surface area contributed by atoms with E-state index in [2.05, 4.69) is 0 Å². The molecule has 1 aromatic carbocycles. The lowest BCUT2D eigenvalue weighted by Crippen LogP contribution is -2.45. The van der Waals surface area contributed by atoms with E-state index in [0.717, 1.165) is 31.2 Å². The van der Waals surface area contributed by atoms with Crippen LogP contribution in [0.15, 0.2) is 29.2 Å². The predicted octanol–water partition coefficient (Wildman–Crippen LogP) is 3.12. The number of likely N-dealkylation sites (N-methyl/N-ethyl adjacent to an activating group) is 1. The molecule has 0 spiro atoms. The van der Waals surface area contributed by atoms with E-state index in [9.17, 15) is 18.0 Å². The van der Waals surface area contributed by atoms with Gasteiger partial charge in [0, 0.05) is 26.2 Å². The summed E-state index contributed by atoms with van der Waals surface area (Å²) in [6.45, 7) is 4.06. The molecule has 1 atom stereocenters. The highest BCUT2D eigenvalue weighted by Crippen LogP contribution is 2.26. The van der Waals surface area contributed by atoms with Gasteiger partial charge in [-0.1, -0.05) is 37.0 Å². The maximum absolute atomic E-state index is 12.8. The summed E-state index contributed by atoms with van der Waals surface area (Å²) < 4.78 is 32.6. The van der Waals surface area contributed by atoms with Gasteiger partial charge in [-0.15, -0.1) is 0 Å². The minimum absolute atomic E-state index is 0.167. The second-order valence-corrected chi connectivity index (χ2v) is 10.7. The molecule has 31 heavy (non-hydrogen) atoms. The van der Waals surface area contributed by atoms with Crippen molar-refractivity contribution in [1.29, 1.82) is 0 Å². The van der Waals surface area contributed by atoms with Gasteiger partial charge in [0.15, 0.2) is 6.10 Å². The molecule has 0 bridgehead atoms. The van der Waals surface area contributed by atoms with Crippen molar-refractivity contribution in [3.63, 3.8) is 0 Å². The van der Waals surface area contributed by atoms with E-state index < -0.39 is 22.1 Å². The van der Waals surface area contributed by atoms with Gasteiger partial charge in [-0.3, -0.25) is 9.59 Å². The number of carbonyl (C=O) groups is 2. The number of hydrogen-bond acceptors (Lipinski definition) is 5. The van der Waals surface area contributed by atoms with Crippen LogP contribution in [0.2, 0.25) is 0 Å². The molecule has 2 fully saturated rings. The summed E-state index contributed by atoms with van der Waals surface area (Å²) in [5, 5.41) is 0. The van der Waals surface area contributed by atoms with Crippen molar-refractivity contribution in [1.82, 2.24) is 9.21 Å². The smallest absolute Gasteiger partial charge is 0.309 e. The van der Waals surface area contributed by atoms with Crippen molar-refractivity contribution >= 4 is 21.9 Å². The molecule has 1 saturated carbocycles. The average Bonchev–Trinajstić information content (AvgIpc) is 2.79. The van der Waals surface area contributed by atoms with Crippen molar-refractivity contribution in [2.45, 2.75) is 75.8 Å². The highest BCUT2D eigenvalue weighted by atomic mass is 32.2. The Labute approximate surface area is 185 Å². The number of benzene rings is 1. The maximum Gasteiger partial charge on any atom is 0.309 e. The fraction of sp³-hybridized carbons (Fsp3) is 0.652. The number of rotatable bonds is 6. The third-order valence-electron chi connectivity index (χ3n) is 6.56. The zero-order valence-corrected chi connectivity index (χ0v) is 19.6. The number of ether oxygens (including phenoxy) is 1. The topological polar surface area (TPSA) is 84.0 Å². The van der Waals surface area contributed by atoms with Crippen molar-refractivity contribution in [2.24, 2.45) is 5.92 Å². The van der Waals surface area contributed by atoms with Gasteiger partial charge in [0.1, 0.15) is 0 Å². The Bertz CT molecular complexity index is 870. The SMILES string of the molecule is Cc1ccc(S(=O)(=O)N2CCC(C(=O)O[C@H](C)C(=O)N(C)C3CCCCC3)CC2)cc1. The van der Waals surface area contributed by atoms with Crippen LogP contribution in [0.5, 0.6) is 0 Å². The van der Waals surface area contributed by atoms with Crippen molar-refractivity contribution in [3.05, 3.63) is 29.8 Å². The molecule has 1 heterocycles. The van der Waals surface area contributed by atoms with Gasteiger partial charge < -0.3 is 9.64 Å². The monoisotopic (exact) mass is 450 g/mol. The average molecular weight is 451 g/mol. The maximum atomic E-state index is 12.8. The van der Waals surface area contributed by atoms with Crippen LogP contribution in [0.1, 0.15) is 57.4 Å². The molecule has 1 amide bonds. The zero-order chi connectivity index (χ0) is 22.6. The summed E-state index contributed by atoms with van der Waals surface area (Å²) in [5.74, 6) is -0.968. The number of esters is 1. The number of aryl methyl sites for hydroxylation is 1. The molecular formula is C23H34N2O5S. The van der Waals surface area contributed by atoms with Crippen LogP contribution in [0, 0.1) is 12.8 Å². The number of carbonyl (C=O) groups excluding carboxylic acids is 2. The molecule has 8 heteroatoms. The van der Waals surface area contributed by atoms with E-state index in [0.29, 0.717) is 12.8 Å². The molecule has 2 aliphatic rings. The Morgan fingerprint density at radius 1 is 1.03 bits per heavy atom. The van der Waals surface area contributed by atoms with Crippen LogP contribution < -0.4 is 0 Å². The van der Waals surface area contributed by atoms with E-state index >= 15 is 0 Å². The van der Waals surface area contributed by atoms with E-state index in [1.807, 2.05) is 6.92 Å². The lowest BCUT2D eigenvalue weighted by Gasteiger charge is -2.33. The van der Waals surface area contributed by atoms with E-state index in [-0.39, 0.29) is 35.9 Å². The van der Waals surface area contributed by atoms with Gasteiger partial charge in [-0.2, -0.15) is 4.31 Å². The van der Waals surface area contributed by atoms with Gasteiger partial charge in [0.05, 0.1) is 10.8 Å². The van der Waals surface area contributed by atoms with Crippen LogP contribution in [0.3, 0.4) is 0 Å². The summed E-state index contributed by atoms with van der Waals surface area (Å²) >= 11 is 0. The first-order valence-electron chi connectivity index (χ1n) is 11.2. The summed E-state index contributed by atoms with van der Waals surface area (Å²) in [4.78, 5) is 27.3. The van der Waals surface area contributed by atoms with Crippen LogP contribution in [-0.2, 0) is 24.3 Å². The number of hydrogen-bond donors (Lipinski definition) is 0. The van der Waals surface area contributed by atoms with E-state index in [1.165, 1.54) is 10.7 Å². The predicted molar refractivity (Wildman–Crippen MR) is 118 cm³/mol. The third kappa shape index (κ3) is 5.66. The molecule has 172 valence electrons. The third-order valence-corrected chi connectivity index (χ3v) is 8.47. The normalized spacial score (nSPS) is 20.2. The van der Waals surface area contributed by atoms with Crippen LogP contribution >= 0.6 is 0 Å². The van der Waals surface area contributed by atoms with Crippen molar-refractivity contribution in [3.8, 4) is 0 Å². The Balaban J connectivity index is 1.51. The fourth-order valence-corrected chi connectivity index (χ4v) is 5.92. The zero-order valence-electron chi connectivity index (χ0n) is 18.7. The summed E-state index contributed by atoms with van der Waals surface area (Å²) in [5.41, 5.74) is 0.998. The molecule has 0 unspecified atom stereocenters.